The second-order valence-electron chi connectivity index (χ2n) is 5.87. The summed E-state index contributed by atoms with van der Waals surface area (Å²) in [6.45, 7) is 3.40. The van der Waals surface area contributed by atoms with Gasteiger partial charge in [-0.2, -0.15) is 0 Å². The minimum Gasteiger partial charge on any atom is -0.383 e. The number of nitrogens with zero attached hydrogens (tertiary/aromatic N) is 3. The molecule has 1 aromatic carbocycles. The van der Waals surface area contributed by atoms with E-state index < -0.39 is 0 Å². The summed E-state index contributed by atoms with van der Waals surface area (Å²) < 4.78 is 0. The zero-order valence-electron chi connectivity index (χ0n) is 13.7. The monoisotopic (exact) mass is 345 g/mol. The van der Waals surface area contributed by atoms with Crippen molar-refractivity contribution in [3.05, 3.63) is 46.9 Å². The van der Waals surface area contributed by atoms with Gasteiger partial charge in [0.1, 0.15) is 18.1 Å². The number of benzene rings is 1. The molecule has 1 atom stereocenters. The maximum absolute atomic E-state index is 12.6. The number of halogens is 1. The molecular formula is C17H20ClN5O. The number of aryl methyl sites for hydroxylation is 1. The van der Waals surface area contributed by atoms with Crippen LogP contribution in [0.25, 0.3) is 0 Å². The van der Waals surface area contributed by atoms with Crippen LogP contribution in [0.5, 0.6) is 0 Å². The molecule has 7 heteroatoms. The second-order valence-corrected chi connectivity index (χ2v) is 6.23. The molecule has 2 heterocycles. The minimum absolute atomic E-state index is 0.0763. The van der Waals surface area contributed by atoms with Crippen molar-refractivity contribution in [2.75, 3.05) is 24.2 Å². The van der Waals surface area contributed by atoms with Gasteiger partial charge in [0, 0.05) is 20.1 Å². The maximum Gasteiger partial charge on any atom is 0.245 e. The van der Waals surface area contributed by atoms with Gasteiger partial charge in [0.05, 0.1) is 0 Å². The molecule has 6 nitrogen and oxygen atoms in total. The summed E-state index contributed by atoms with van der Waals surface area (Å²) in [5.74, 6) is 0.625. The summed E-state index contributed by atoms with van der Waals surface area (Å²) in [5, 5.41) is 6.48. The smallest absolute Gasteiger partial charge is 0.245 e. The summed E-state index contributed by atoms with van der Waals surface area (Å²) in [6.07, 6.45) is 2.12. The predicted octanol–water partition coefficient (Wildman–Crippen LogP) is 2.69. The molecule has 1 unspecified atom stereocenters. The Bertz CT molecular complexity index is 734. The number of rotatable bonds is 5. The molecule has 126 valence electrons. The van der Waals surface area contributed by atoms with Gasteiger partial charge in [-0.05, 0) is 18.9 Å². The third-order valence-corrected chi connectivity index (χ3v) is 4.44. The molecular weight excluding hydrogens is 326 g/mol. The van der Waals surface area contributed by atoms with E-state index in [0.29, 0.717) is 23.2 Å². The summed E-state index contributed by atoms with van der Waals surface area (Å²) >= 11 is 6.05. The topological polar surface area (TPSA) is 70.2 Å². The van der Waals surface area contributed by atoms with Crippen molar-refractivity contribution in [2.24, 2.45) is 0 Å². The lowest BCUT2D eigenvalue weighted by molar-refractivity contribution is -0.128. The molecule has 3 rings (SSSR count). The number of carbonyl (C=O) groups is 1. The number of nitrogens with one attached hydrogen (secondary N) is 2. The van der Waals surface area contributed by atoms with Crippen LogP contribution in [-0.2, 0) is 11.3 Å². The Balaban J connectivity index is 1.68. The van der Waals surface area contributed by atoms with Crippen LogP contribution in [0.15, 0.2) is 30.6 Å². The van der Waals surface area contributed by atoms with Gasteiger partial charge in [-0.3, -0.25) is 4.79 Å². The van der Waals surface area contributed by atoms with E-state index >= 15 is 0 Å². The summed E-state index contributed by atoms with van der Waals surface area (Å²) in [6, 6.07) is 7.95. The second kappa shape index (κ2) is 7.05. The van der Waals surface area contributed by atoms with Crippen molar-refractivity contribution < 1.29 is 4.79 Å². The molecule has 0 saturated carbocycles. The third-order valence-electron chi connectivity index (χ3n) is 4.15. The summed E-state index contributed by atoms with van der Waals surface area (Å²) in [4.78, 5) is 22.6. The molecule has 0 spiro atoms. The molecule has 0 radical (unpaired) electrons. The predicted molar refractivity (Wildman–Crippen MR) is 95.2 cm³/mol. The van der Waals surface area contributed by atoms with E-state index in [0.717, 1.165) is 18.5 Å². The van der Waals surface area contributed by atoms with Gasteiger partial charge < -0.3 is 15.5 Å². The maximum atomic E-state index is 12.6. The molecule has 1 aliphatic rings. The normalized spacial score (nSPS) is 17.2. The standard InChI is InChI=1S/C17H20ClN5O/c1-11-3-5-12(6-4-11)9-23-8-7-13(17(23)24)22-16-14(19-2)15(18)20-10-21-16/h3-6,10,13,19H,7-9H2,1-2H3,(H,20,21,22). The number of likely N-dealkylation sites (tertiary alicyclic amines) is 1. The number of hydrogen-bond donors (Lipinski definition) is 2. The lowest BCUT2D eigenvalue weighted by atomic mass is 10.1. The molecule has 2 N–H and O–H groups in total. The Morgan fingerprint density at radius 3 is 2.75 bits per heavy atom. The van der Waals surface area contributed by atoms with Crippen molar-refractivity contribution >= 4 is 29.0 Å². The summed E-state index contributed by atoms with van der Waals surface area (Å²) in [7, 11) is 1.75. The van der Waals surface area contributed by atoms with E-state index in [1.54, 1.807) is 7.05 Å². The van der Waals surface area contributed by atoms with E-state index in [9.17, 15) is 4.79 Å². The van der Waals surface area contributed by atoms with Gasteiger partial charge in [-0.25, -0.2) is 9.97 Å². The molecule has 0 bridgehead atoms. The Labute approximate surface area is 146 Å². The highest BCUT2D eigenvalue weighted by atomic mass is 35.5. The van der Waals surface area contributed by atoms with E-state index in [1.807, 2.05) is 4.90 Å². The van der Waals surface area contributed by atoms with E-state index in [2.05, 4.69) is 51.8 Å². The van der Waals surface area contributed by atoms with Crippen LogP contribution in [0.2, 0.25) is 5.15 Å². The molecule has 1 amide bonds. The first-order valence-corrected chi connectivity index (χ1v) is 8.25. The van der Waals surface area contributed by atoms with Gasteiger partial charge >= 0.3 is 0 Å². The molecule has 1 fully saturated rings. The lowest BCUT2D eigenvalue weighted by Gasteiger charge is -2.18. The van der Waals surface area contributed by atoms with Crippen molar-refractivity contribution in [2.45, 2.75) is 25.9 Å². The van der Waals surface area contributed by atoms with Crippen LogP contribution >= 0.6 is 11.6 Å². The van der Waals surface area contributed by atoms with E-state index in [4.69, 9.17) is 11.6 Å². The first kappa shape index (κ1) is 16.5. The third kappa shape index (κ3) is 3.43. The van der Waals surface area contributed by atoms with Crippen LogP contribution in [0.3, 0.4) is 0 Å². The Morgan fingerprint density at radius 1 is 1.29 bits per heavy atom. The van der Waals surface area contributed by atoms with Crippen LogP contribution in [0.1, 0.15) is 17.5 Å². The SMILES string of the molecule is CNc1c(Cl)ncnc1NC1CCN(Cc2ccc(C)cc2)C1=O. The fourth-order valence-corrected chi connectivity index (χ4v) is 3.03. The number of aromatic nitrogens is 2. The first-order chi connectivity index (χ1) is 11.6. The Morgan fingerprint density at radius 2 is 2.04 bits per heavy atom. The Hall–Kier alpha value is -2.34. The molecule has 1 saturated heterocycles. The highest BCUT2D eigenvalue weighted by Crippen LogP contribution is 2.27. The van der Waals surface area contributed by atoms with Crippen molar-refractivity contribution in [3.8, 4) is 0 Å². The lowest BCUT2D eigenvalue weighted by Crippen LogP contribution is -2.33. The average molecular weight is 346 g/mol. The molecule has 1 aliphatic heterocycles. The molecule has 24 heavy (non-hydrogen) atoms. The highest BCUT2D eigenvalue weighted by Gasteiger charge is 2.32. The molecule has 0 aliphatic carbocycles. The first-order valence-electron chi connectivity index (χ1n) is 7.87. The van der Waals surface area contributed by atoms with Crippen LogP contribution in [-0.4, -0.2) is 40.4 Å². The zero-order chi connectivity index (χ0) is 17.1. The van der Waals surface area contributed by atoms with Crippen LogP contribution < -0.4 is 10.6 Å². The fourth-order valence-electron chi connectivity index (χ4n) is 2.80. The van der Waals surface area contributed by atoms with Gasteiger partial charge in [0.25, 0.3) is 0 Å². The minimum atomic E-state index is -0.298. The van der Waals surface area contributed by atoms with Gasteiger partial charge in [-0.1, -0.05) is 41.4 Å². The van der Waals surface area contributed by atoms with E-state index in [-0.39, 0.29) is 11.9 Å². The number of amides is 1. The van der Waals surface area contributed by atoms with Crippen molar-refractivity contribution in [1.82, 2.24) is 14.9 Å². The fraction of sp³-hybridized carbons (Fsp3) is 0.353. The van der Waals surface area contributed by atoms with Crippen LogP contribution in [0, 0.1) is 6.92 Å². The van der Waals surface area contributed by atoms with Crippen molar-refractivity contribution in [3.63, 3.8) is 0 Å². The van der Waals surface area contributed by atoms with Gasteiger partial charge in [-0.15, -0.1) is 0 Å². The van der Waals surface area contributed by atoms with Crippen LogP contribution in [0.4, 0.5) is 11.5 Å². The van der Waals surface area contributed by atoms with Crippen molar-refractivity contribution in [1.29, 1.82) is 0 Å². The Kier molecular flexibility index (Phi) is 4.85. The van der Waals surface area contributed by atoms with E-state index in [1.165, 1.54) is 11.9 Å². The van der Waals surface area contributed by atoms with Gasteiger partial charge in [0.2, 0.25) is 5.91 Å². The summed E-state index contributed by atoms with van der Waals surface area (Å²) in [5.41, 5.74) is 2.95. The average Bonchev–Trinajstić information content (AvgIpc) is 2.90. The highest BCUT2D eigenvalue weighted by molar-refractivity contribution is 6.32. The zero-order valence-corrected chi connectivity index (χ0v) is 14.5. The number of hydrogen-bond acceptors (Lipinski definition) is 5. The largest absolute Gasteiger partial charge is 0.383 e. The molecule has 1 aromatic heterocycles. The van der Waals surface area contributed by atoms with Gasteiger partial charge in [0.15, 0.2) is 11.0 Å². The molecule has 2 aromatic rings. The quantitative estimate of drug-likeness (QED) is 0.815. The number of carbonyl (C=O) groups excluding carboxylic acids is 1. The number of anilines is 2.